The molecule has 50 heavy (non-hydrogen) atoms. The topological polar surface area (TPSA) is 108 Å². The van der Waals surface area contributed by atoms with Gasteiger partial charge in [-0.2, -0.15) is 18.4 Å². The highest BCUT2D eigenvalue weighted by molar-refractivity contribution is 6.76. The molecule has 0 atom stereocenters. The summed E-state index contributed by atoms with van der Waals surface area (Å²) >= 11 is 0. The third-order valence-corrected chi connectivity index (χ3v) is 9.13. The predicted molar refractivity (Wildman–Crippen MR) is 187 cm³/mol. The van der Waals surface area contributed by atoms with E-state index in [9.17, 15) is 23.2 Å². The summed E-state index contributed by atoms with van der Waals surface area (Å²) in [5.74, 6) is 0.253. The fourth-order valence-corrected chi connectivity index (χ4v) is 5.80. The van der Waals surface area contributed by atoms with Crippen LogP contribution in [0.3, 0.4) is 0 Å². The van der Waals surface area contributed by atoms with Crippen LogP contribution in [0.15, 0.2) is 85.2 Å². The molecular formula is C37H37F3N4O5Si. The van der Waals surface area contributed by atoms with Crippen LogP contribution in [0.5, 0.6) is 23.0 Å². The maximum absolute atomic E-state index is 14.4. The van der Waals surface area contributed by atoms with Crippen molar-refractivity contribution < 1.29 is 36.9 Å². The van der Waals surface area contributed by atoms with E-state index in [-0.39, 0.29) is 30.0 Å². The molecule has 0 unspecified atom stereocenters. The minimum absolute atomic E-state index is 0.0987. The molecule has 0 saturated heterocycles. The van der Waals surface area contributed by atoms with Gasteiger partial charge in [-0.25, -0.2) is 9.78 Å². The SMILES string of the molecule is CC(C)Oc1ccc(-c2cn(COCC[Si](C)(C)C)c3nccc(Oc4ccc(NC(=O)Oc5ccccc5)cc4C(F)(F)F)c23)cc1C#N. The number of alkyl halides is 3. The van der Waals surface area contributed by atoms with E-state index in [0.717, 1.165) is 18.2 Å². The van der Waals surface area contributed by atoms with Crippen molar-refractivity contribution in [3.8, 4) is 40.2 Å². The highest BCUT2D eigenvalue weighted by atomic mass is 28.3. The van der Waals surface area contributed by atoms with E-state index in [1.807, 2.05) is 13.8 Å². The second-order valence-electron chi connectivity index (χ2n) is 13.0. The minimum Gasteiger partial charge on any atom is -0.490 e. The van der Waals surface area contributed by atoms with Crippen molar-refractivity contribution in [2.75, 3.05) is 11.9 Å². The molecule has 9 nitrogen and oxygen atoms in total. The van der Waals surface area contributed by atoms with Crippen LogP contribution in [0, 0.1) is 11.3 Å². The van der Waals surface area contributed by atoms with Gasteiger partial charge >= 0.3 is 12.3 Å². The van der Waals surface area contributed by atoms with Crippen LogP contribution in [0.25, 0.3) is 22.2 Å². The van der Waals surface area contributed by atoms with Crippen LogP contribution in [0.2, 0.25) is 25.7 Å². The number of nitrogens with one attached hydrogen (secondary N) is 1. The number of hydrogen-bond donors (Lipinski definition) is 1. The lowest BCUT2D eigenvalue weighted by Gasteiger charge is -2.17. The van der Waals surface area contributed by atoms with Crippen LogP contribution in [0.1, 0.15) is 25.0 Å². The molecule has 0 aliphatic heterocycles. The highest BCUT2D eigenvalue weighted by Crippen LogP contribution is 2.43. The maximum atomic E-state index is 14.4. The van der Waals surface area contributed by atoms with Gasteiger partial charge in [-0.15, -0.1) is 0 Å². The number of fused-ring (bicyclic) bond motifs is 1. The van der Waals surface area contributed by atoms with Gasteiger partial charge in [-0.3, -0.25) is 5.32 Å². The van der Waals surface area contributed by atoms with Crippen molar-refractivity contribution in [1.82, 2.24) is 9.55 Å². The number of carbonyl (C=O) groups excluding carboxylic acids is 1. The van der Waals surface area contributed by atoms with E-state index < -0.39 is 31.7 Å². The largest absolute Gasteiger partial charge is 0.490 e. The summed E-state index contributed by atoms with van der Waals surface area (Å²) in [4.78, 5) is 17.0. The van der Waals surface area contributed by atoms with E-state index in [4.69, 9.17) is 18.9 Å². The average molecular weight is 703 g/mol. The lowest BCUT2D eigenvalue weighted by Crippen LogP contribution is -2.22. The first-order valence-corrected chi connectivity index (χ1v) is 19.6. The maximum Gasteiger partial charge on any atom is 0.420 e. The molecule has 0 spiro atoms. The summed E-state index contributed by atoms with van der Waals surface area (Å²) in [6, 6.07) is 21.1. The molecule has 1 amide bonds. The summed E-state index contributed by atoms with van der Waals surface area (Å²) in [5, 5.41) is 12.7. The molecule has 5 aromatic rings. The van der Waals surface area contributed by atoms with Crippen LogP contribution in [0.4, 0.5) is 23.7 Å². The zero-order valence-electron chi connectivity index (χ0n) is 28.3. The molecule has 0 bridgehead atoms. The fourth-order valence-electron chi connectivity index (χ4n) is 5.05. The van der Waals surface area contributed by atoms with Gasteiger partial charge in [0.25, 0.3) is 0 Å². The summed E-state index contributed by atoms with van der Waals surface area (Å²) in [6.07, 6.45) is -2.72. The van der Waals surface area contributed by atoms with Crippen LogP contribution in [-0.2, 0) is 17.6 Å². The first-order chi connectivity index (χ1) is 23.7. The number of nitrogens with zero attached hydrogens (tertiary/aromatic N) is 3. The summed E-state index contributed by atoms with van der Waals surface area (Å²) in [5.41, 5.74) is 0.636. The lowest BCUT2D eigenvalue weighted by atomic mass is 10.0. The number of nitriles is 1. The lowest BCUT2D eigenvalue weighted by molar-refractivity contribution is -0.138. The van der Waals surface area contributed by atoms with Gasteiger partial charge in [0.15, 0.2) is 0 Å². The second kappa shape index (κ2) is 15.1. The smallest absolute Gasteiger partial charge is 0.420 e. The van der Waals surface area contributed by atoms with Gasteiger partial charge in [-0.05, 0) is 74.0 Å². The van der Waals surface area contributed by atoms with Gasteiger partial charge in [0, 0.05) is 38.3 Å². The molecule has 260 valence electrons. The number of rotatable bonds is 12. The molecule has 1 N–H and O–H groups in total. The molecule has 0 aliphatic rings. The Kier molecular flexibility index (Phi) is 10.8. The molecule has 2 heterocycles. The molecule has 13 heteroatoms. The highest BCUT2D eigenvalue weighted by Gasteiger charge is 2.35. The van der Waals surface area contributed by atoms with E-state index in [2.05, 4.69) is 36.0 Å². The Bertz CT molecular complexity index is 2020. The van der Waals surface area contributed by atoms with Crippen molar-refractivity contribution in [1.29, 1.82) is 5.26 Å². The molecule has 2 aromatic heterocycles. The van der Waals surface area contributed by atoms with Gasteiger partial charge in [0.05, 0.1) is 17.1 Å². The van der Waals surface area contributed by atoms with E-state index in [0.29, 0.717) is 40.1 Å². The van der Waals surface area contributed by atoms with Gasteiger partial charge in [-0.1, -0.05) is 43.9 Å². The van der Waals surface area contributed by atoms with Crippen molar-refractivity contribution >= 4 is 30.9 Å². The van der Waals surface area contributed by atoms with Crippen molar-refractivity contribution in [3.05, 3.63) is 96.3 Å². The Morgan fingerprint density at radius 3 is 2.42 bits per heavy atom. The number of aromatic nitrogens is 2. The first kappa shape index (κ1) is 36.0. The third-order valence-electron chi connectivity index (χ3n) is 7.42. The Morgan fingerprint density at radius 2 is 1.74 bits per heavy atom. The van der Waals surface area contributed by atoms with Crippen LogP contribution < -0.4 is 19.5 Å². The zero-order chi connectivity index (χ0) is 36.1. The fraction of sp³-hybridized carbons (Fsp3) is 0.270. The Hall–Kier alpha value is -5.32. The summed E-state index contributed by atoms with van der Waals surface area (Å²) in [7, 11) is -1.36. The normalized spacial score (nSPS) is 11.8. The number of anilines is 1. The van der Waals surface area contributed by atoms with Gasteiger partial charge in [0.2, 0.25) is 0 Å². The summed E-state index contributed by atoms with van der Waals surface area (Å²) < 4.78 is 68.1. The van der Waals surface area contributed by atoms with E-state index in [1.54, 1.807) is 59.3 Å². The molecule has 0 radical (unpaired) electrons. The third kappa shape index (κ3) is 9.02. The standard InChI is InChI=1S/C37H37F3N4O5Si/c1-24(2)47-31-13-11-25(19-26(31)21-41)29-22-44(23-46-17-18-50(3,4)5)35-34(29)33(15-16-42-35)49-32-14-12-27(20-30(32)37(38,39)40)43-36(45)48-28-9-7-6-8-10-28/h6-16,19-20,22,24H,17-18,23H2,1-5H3,(H,43,45). The zero-order valence-corrected chi connectivity index (χ0v) is 29.3. The predicted octanol–water partition coefficient (Wildman–Crippen LogP) is 10.1. The van der Waals surface area contributed by atoms with Crippen molar-refractivity contribution in [3.63, 3.8) is 0 Å². The summed E-state index contributed by atoms with van der Waals surface area (Å²) in [6.45, 7) is 11.1. The number of benzene rings is 3. The molecule has 0 fully saturated rings. The monoisotopic (exact) mass is 702 g/mol. The number of carbonyl (C=O) groups is 1. The number of ether oxygens (including phenoxy) is 4. The van der Waals surface area contributed by atoms with Crippen LogP contribution >= 0.6 is 0 Å². The Balaban J connectivity index is 1.54. The second-order valence-corrected chi connectivity index (χ2v) is 18.6. The van der Waals surface area contributed by atoms with Gasteiger partial charge in [0.1, 0.15) is 47.0 Å². The molecule has 0 aliphatic carbocycles. The number of para-hydroxylation sites is 1. The molecule has 3 aromatic carbocycles. The quantitative estimate of drug-likeness (QED) is 0.102. The van der Waals surface area contributed by atoms with Crippen molar-refractivity contribution in [2.24, 2.45) is 0 Å². The Labute approximate surface area is 289 Å². The molecule has 0 saturated carbocycles. The van der Waals surface area contributed by atoms with E-state index in [1.165, 1.54) is 18.3 Å². The van der Waals surface area contributed by atoms with E-state index >= 15 is 0 Å². The van der Waals surface area contributed by atoms with Gasteiger partial charge < -0.3 is 23.5 Å². The minimum atomic E-state index is -4.84. The number of hydrogen-bond acceptors (Lipinski definition) is 7. The number of amides is 1. The number of halogens is 3. The van der Waals surface area contributed by atoms with Crippen molar-refractivity contribution in [2.45, 2.75) is 58.5 Å². The Morgan fingerprint density at radius 1 is 1.00 bits per heavy atom. The number of pyridine rings is 1. The van der Waals surface area contributed by atoms with Crippen LogP contribution in [-0.4, -0.2) is 36.4 Å². The molecule has 5 rings (SSSR count). The molecular weight excluding hydrogens is 666 g/mol. The average Bonchev–Trinajstić information content (AvgIpc) is 3.42. The first-order valence-electron chi connectivity index (χ1n) is 15.9.